The van der Waals surface area contributed by atoms with Crippen molar-refractivity contribution in [1.82, 2.24) is 9.78 Å². The Morgan fingerprint density at radius 1 is 1.48 bits per heavy atom. The summed E-state index contributed by atoms with van der Waals surface area (Å²) in [6.45, 7) is 4.70. The van der Waals surface area contributed by atoms with Gasteiger partial charge in [0.1, 0.15) is 10.8 Å². The van der Waals surface area contributed by atoms with E-state index in [2.05, 4.69) is 22.5 Å². The number of hydrogen-bond acceptors (Lipinski definition) is 5. The molecule has 1 aromatic heterocycles. The monoisotopic (exact) mass is 335 g/mol. The maximum atomic E-state index is 10.9. The zero-order valence-corrected chi connectivity index (χ0v) is 13.7. The molecular formula is C15H18ClN5O2. The molecule has 0 unspecified atom stereocenters. The zero-order chi connectivity index (χ0) is 16.8. The number of aromatic nitrogens is 2. The SMILES string of the molecule is CCCCn1nc(C)c(/C=N\Nc2ccccc2[N+](=O)[O-])c1Cl. The van der Waals surface area contributed by atoms with Gasteiger partial charge in [-0.3, -0.25) is 20.2 Å². The van der Waals surface area contributed by atoms with Crippen LogP contribution in [-0.2, 0) is 6.54 Å². The lowest BCUT2D eigenvalue weighted by molar-refractivity contribution is -0.384. The summed E-state index contributed by atoms with van der Waals surface area (Å²) in [4.78, 5) is 10.5. The number of hydrogen-bond donors (Lipinski definition) is 1. The number of nitro benzene ring substituents is 1. The third-order valence-electron chi connectivity index (χ3n) is 3.31. The number of rotatable bonds is 7. The molecule has 7 nitrogen and oxygen atoms in total. The average molecular weight is 336 g/mol. The van der Waals surface area contributed by atoms with Gasteiger partial charge in [0.2, 0.25) is 0 Å². The summed E-state index contributed by atoms with van der Waals surface area (Å²) in [6, 6.07) is 6.31. The highest BCUT2D eigenvalue weighted by atomic mass is 35.5. The number of anilines is 1. The van der Waals surface area contributed by atoms with Crippen molar-refractivity contribution in [2.24, 2.45) is 5.10 Å². The van der Waals surface area contributed by atoms with E-state index in [0.717, 1.165) is 25.1 Å². The standard InChI is InChI=1S/C15H18ClN5O2/c1-3-4-9-20-15(16)12(11(2)19-20)10-17-18-13-7-5-6-8-14(13)21(22)23/h5-8,10,18H,3-4,9H2,1-2H3/b17-10-. The van der Waals surface area contributed by atoms with Gasteiger partial charge < -0.3 is 0 Å². The number of hydrazone groups is 1. The predicted octanol–water partition coefficient (Wildman–Crippen LogP) is 4.00. The van der Waals surface area contributed by atoms with Crippen molar-refractivity contribution in [1.29, 1.82) is 0 Å². The van der Waals surface area contributed by atoms with Crippen LogP contribution in [-0.4, -0.2) is 20.9 Å². The Balaban J connectivity index is 2.15. The van der Waals surface area contributed by atoms with Gasteiger partial charge in [0.15, 0.2) is 0 Å². The number of unbranched alkanes of at least 4 members (excludes halogenated alkanes) is 1. The second-order valence-corrected chi connectivity index (χ2v) is 5.37. The quantitative estimate of drug-likeness (QED) is 0.470. The molecule has 0 aliphatic heterocycles. The second kappa shape index (κ2) is 7.73. The van der Waals surface area contributed by atoms with E-state index in [4.69, 9.17) is 11.6 Å². The minimum atomic E-state index is -0.459. The molecule has 2 rings (SSSR count). The molecule has 0 saturated heterocycles. The van der Waals surface area contributed by atoms with Crippen LogP contribution in [0.2, 0.25) is 5.15 Å². The van der Waals surface area contributed by atoms with Crippen LogP contribution in [0.15, 0.2) is 29.4 Å². The topological polar surface area (TPSA) is 85.3 Å². The van der Waals surface area contributed by atoms with E-state index in [1.54, 1.807) is 22.9 Å². The second-order valence-electron chi connectivity index (χ2n) is 5.01. The summed E-state index contributed by atoms with van der Waals surface area (Å²) in [5.74, 6) is 0. The molecule has 2 aromatic rings. The molecule has 0 radical (unpaired) electrons. The van der Waals surface area contributed by atoms with E-state index in [-0.39, 0.29) is 5.69 Å². The normalized spacial score (nSPS) is 11.1. The molecule has 122 valence electrons. The maximum Gasteiger partial charge on any atom is 0.294 e. The fourth-order valence-corrected chi connectivity index (χ4v) is 2.37. The van der Waals surface area contributed by atoms with Crippen LogP contribution < -0.4 is 5.43 Å². The van der Waals surface area contributed by atoms with Gasteiger partial charge in [0, 0.05) is 12.6 Å². The van der Waals surface area contributed by atoms with E-state index in [1.165, 1.54) is 12.3 Å². The molecule has 0 amide bonds. The first-order chi connectivity index (χ1) is 11.0. The summed E-state index contributed by atoms with van der Waals surface area (Å²) in [5.41, 5.74) is 4.43. The Morgan fingerprint density at radius 2 is 2.22 bits per heavy atom. The first kappa shape index (κ1) is 17.0. The lowest BCUT2D eigenvalue weighted by atomic mass is 10.3. The van der Waals surface area contributed by atoms with Crippen molar-refractivity contribution >= 4 is 29.2 Å². The molecule has 0 bridgehead atoms. The number of nitro groups is 1. The van der Waals surface area contributed by atoms with Crippen LogP contribution in [0.1, 0.15) is 31.0 Å². The number of aryl methyl sites for hydroxylation is 2. The summed E-state index contributed by atoms with van der Waals surface area (Å²) in [7, 11) is 0. The van der Waals surface area contributed by atoms with Crippen LogP contribution in [0.3, 0.4) is 0 Å². The van der Waals surface area contributed by atoms with Crippen molar-refractivity contribution in [2.75, 3.05) is 5.43 Å². The Kier molecular flexibility index (Phi) is 5.70. The highest BCUT2D eigenvalue weighted by Gasteiger charge is 2.13. The zero-order valence-electron chi connectivity index (χ0n) is 13.0. The van der Waals surface area contributed by atoms with Crippen LogP contribution in [0.5, 0.6) is 0 Å². The molecule has 0 spiro atoms. The number of nitrogens with zero attached hydrogens (tertiary/aromatic N) is 4. The van der Waals surface area contributed by atoms with Crippen molar-refractivity contribution in [3.05, 3.63) is 50.8 Å². The Morgan fingerprint density at radius 3 is 2.91 bits per heavy atom. The van der Waals surface area contributed by atoms with E-state index >= 15 is 0 Å². The Hall–Kier alpha value is -2.41. The highest BCUT2D eigenvalue weighted by Crippen LogP contribution is 2.23. The molecule has 0 atom stereocenters. The third kappa shape index (κ3) is 4.07. The minimum absolute atomic E-state index is 0.0360. The number of para-hydroxylation sites is 2. The molecule has 0 aliphatic carbocycles. The lowest BCUT2D eigenvalue weighted by Crippen LogP contribution is -2.00. The molecule has 0 aliphatic rings. The molecule has 1 N–H and O–H groups in total. The smallest absolute Gasteiger partial charge is 0.272 e. The van der Waals surface area contributed by atoms with Gasteiger partial charge in [-0.05, 0) is 19.4 Å². The predicted molar refractivity (Wildman–Crippen MR) is 91.2 cm³/mol. The van der Waals surface area contributed by atoms with Crippen LogP contribution >= 0.6 is 11.6 Å². The Labute approximate surface area is 139 Å². The minimum Gasteiger partial charge on any atom is -0.272 e. The number of halogens is 1. The van der Waals surface area contributed by atoms with E-state index in [1.807, 2.05) is 6.92 Å². The van der Waals surface area contributed by atoms with Gasteiger partial charge >= 0.3 is 0 Å². The molecule has 0 fully saturated rings. The Bertz CT molecular complexity index is 727. The fourth-order valence-electron chi connectivity index (χ4n) is 2.06. The first-order valence-corrected chi connectivity index (χ1v) is 7.67. The number of benzene rings is 1. The summed E-state index contributed by atoms with van der Waals surface area (Å²) >= 11 is 6.30. The molecular weight excluding hydrogens is 318 g/mol. The summed E-state index contributed by atoms with van der Waals surface area (Å²) in [5, 5.41) is 19.9. The average Bonchev–Trinajstić information content (AvgIpc) is 2.80. The van der Waals surface area contributed by atoms with Crippen LogP contribution in [0.25, 0.3) is 0 Å². The molecule has 0 saturated carbocycles. The van der Waals surface area contributed by atoms with Gasteiger partial charge in [0.05, 0.1) is 22.4 Å². The molecule has 1 heterocycles. The highest BCUT2D eigenvalue weighted by molar-refractivity contribution is 6.32. The van der Waals surface area contributed by atoms with E-state index in [9.17, 15) is 10.1 Å². The van der Waals surface area contributed by atoms with Gasteiger partial charge in [-0.15, -0.1) is 0 Å². The van der Waals surface area contributed by atoms with E-state index in [0.29, 0.717) is 16.4 Å². The van der Waals surface area contributed by atoms with Crippen LogP contribution in [0.4, 0.5) is 11.4 Å². The van der Waals surface area contributed by atoms with Crippen molar-refractivity contribution in [2.45, 2.75) is 33.2 Å². The fraction of sp³-hybridized carbons (Fsp3) is 0.333. The molecule has 1 aromatic carbocycles. The number of nitrogens with one attached hydrogen (secondary N) is 1. The lowest BCUT2D eigenvalue weighted by Gasteiger charge is -2.01. The van der Waals surface area contributed by atoms with Crippen LogP contribution in [0, 0.1) is 17.0 Å². The van der Waals surface area contributed by atoms with Gasteiger partial charge in [-0.2, -0.15) is 10.2 Å². The maximum absolute atomic E-state index is 10.9. The molecule has 23 heavy (non-hydrogen) atoms. The first-order valence-electron chi connectivity index (χ1n) is 7.30. The summed E-state index contributed by atoms with van der Waals surface area (Å²) < 4.78 is 1.74. The third-order valence-corrected chi connectivity index (χ3v) is 3.71. The largest absolute Gasteiger partial charge is 0.294 e. The van der Waals surface area contributed by atoms with Crippen molar-refractivity contribution in [3.8, 4) is 0 Å². The van der Waals surface area contributed by atoms with E-state index < -0.39 is 4.92 Å². The van der Waals surface area contributed by atoms with Crippen molar-refractivity contribution < 1.29 is 4.92 Å². The summed E-state index contributed by atoms with van der Waals surface area (Å²) in [6.07, 6.45) is 3.58. The van der Waals surface area contributed by atoms with Gasteiger partial charge in [-0.1, -0.05) is 37.1 Å². The van der Waals surface area contributed by atoms with Gasteiger partial charge in [-0.25, -0.2) is 0 Å². The van der Waals surface area contributed by atoms with Gasteiger partial charge in [0.25, 0.3) is 5.69 Å². The molecule has 8 heteroatoms. The van der Waals surface area contributed by atoms with Crippen molar-refractivity contribution in [3.63, 3.8) is 0 Å².